The van der Waals surface area contributed by atoms with Gasteiger partial charge in [0.2, 0.25) is 5.91 Å². The first-order valence-corrected chi connectivity index (χ1v) is 5.43. The maximum Gasteiger partial charge on any atom is 0.333 e. The number of ether oxygens (including phenoxy) is 1. The van der Waals surface area contributed by atoms with Crippen LogP contribution < -0.4 is 11.1 Å². The Morgan fingerprint density at radius 2 is 2.31 bits per heavy atom. The highest BCUT2D eigenvalue weighted by molar-refractivity contribution is 5.88. The van der Waals surface area contributed by atoms with Gasteiger partial charge in [-0.05, 0) is 19.8 Å². The number of nitrogens with one attached hydrogen (secondary N) is 1. The molecule has 2 atom stereocenters. The second-order valence-electron chi connectivity index (χ2n) is 3.86. The molecule has 90 valence electrons. The number of rotatable bonds is 3. The Balaban J connectivity index is 2.59. The van der Waals surface area contributed by atoms with Crippen LogP contribution in [0.2, 0.25) is 0 Å². The van der Waals surface area contributed by atoms with Crippen LogP contribution >= 0.6 is 0 Å². The van der Waals surface area contributed by atoms with E-state index in [2.05, 4.69) is 5.32 Å². The number of amides is 1. The third kappa shape index (κ3) is 3.34. The molecule has 1 aliphatic rings. The van der Waals surface area contributed by atoms with Crippen LogP contribution in [0.4, 0.5) is 0 Å². The van der Waals surface area contributed by atoms with Crippen molar-refractivity contribution in [2.75, 3.05) is 6.61 Å². The number of carbonyl (C=O) groups excluding carboxylic acids is 2. The van der Waals surface area contributed by atoms with Crippen molar-refractivity contribution in [1.29, 1.82) is 0 Å². The summed E-state index contributed by atoms with van der Waals surface area (Å²) < 4.78 is 4.90. The van der Waals surface area contributed by atoms with E-state index in [1.165, 1.54) is 6.92 Å². The average molecular weight is 226 g/mol. The van der Waals surface area contributed by atoms with Crippen molar-refractivity contribution in [2.24, 2.45) is 5.73 Å². The summed E-state index contributed by atoms with van der Waals surface area (Å²) in [6.45, 7) is 3.58. The van der Waals surface area contributed by atoms with E-state index in [-0.39, 0.29) is 24.0 Å². The predicted octanol–water partition coefficient (Wildman–Crippen LogP) is 0.102. The maximum absolute atomic E-state index is 11.4. The van der Waals surface area contributed by atoms with Gasteiger partial charge in [0.05, 0.1) is 6.61 Å². The third-order valence-corrected chi connectivity index (χ3v) is 2.52. The molecule has 5 heteroatoms. The number of esters is 1. The average Bonchev–Trinajstić information content (AvgIpc) is 2.20. The molecule has 5 nitrogen and oxygen atoms in total. The molecule has 1 amide bonds. The van der Waals surface area contributed by atoms with Crippen LogP contribution in [0.25, 0.3) is 0 Å². The summed E-state index contributed by atoms with van der Waals surface area (Å²) in [7, 11) is 0. The number of hydrogen-bond acceptors (Lipinski definition) is 4. The van der Waals surface area contributed by atoms with Crippen molar-refractivity contribution in [2.45, 2.75) is 38.8 Å². The Bertz CT molecular complexity index is 312. The molecule has 0 unspecified atom stereocenters. The first-order chi connectivity index (χ1) is 7.54. The maximum atomic E-state index is 11.4. The monoisotopic (exact) mass is 226 g/mol. The summed E-state index contributed by atoms with van der Waals surface area (Å²) >= 11 is 0. The third-order valence-electron chi connectivity index (χ3n) is 2.52. The first-order valence-electron chi connectivity index (χ1n) is 5.43. The van der Waals surface area contributed by atoms with Crippen molar-refractivity contribution in [3.63, 3.8) is 0 Å². The van der Waals surface area contributed by atoms with Crippen molar-refractivity contribution < 1.29 is 14.3 Å². The van der Waals surface area contributed by atoms with Gasteiger partial charge in [0.25, 0.3) is 0 Å². The normalized spacial score (nSPS) is 24.6. The minimum Gasteiger partial charge on any atom is -0.463 e. The van der Waals surface area contributed by atoms with Gasteiger partial charge in [0, 0.05) is 24.6 Å². The zero-order valence-corrected chi connectivity index (χ0v) is 9.66. The molecule has 1 rings (SSSR count). The molecule has 0 aliphatic heterocycles. The van der Waals surface area contributed by atoms with Crippen molar-refractivity contribution in [3.05, 3.63) is 11.6 Å². The molecule has 0 aromatic carbocycles. The van der Waals surface area contributed by atoms with Crippen LogP contribution in [0.1, 0.15) is 26.7 Å². The molecule has 0 spiro atoms. The predicted molar refractivity (Wildman–Crippen MR) is 59.5 cm³/mol. The van der Waals surface area contributed by atoms with Crippen LogP contribution in [0.5, 0.6) is 0 Å². The highest BCUT2D eigenvalue weighted by Crippen LogP contribution is 2.18. The fourth-order valence-corrected chi connectivity index (χ4v) is 1.74. The van der Waals surface area contributed by atoms with Crippen LogP contribution in [-0.4, -0.2) is 30.6 Å². The minimum absolute atomic E-state index is 0.0873. The highest BCUT2D eigenvalue weighted by Gasteiger charge is 2.26. The van der Waals surface area contributed by atoms with Gasteiger partial charge < -0.3 is 15.8 Å². The topological polar surface area (TPSA) is 81.4 Å². The summed E-state index contributed by atoms with van der Waals surface area (Å²) in [6.07, 6.45) is 2.82. The van der Waals surface area contributed by atoms with E-state index in [0.29, 0.717) is 25.0 Å². The van der Waals surface area contributed by atoms with Crippen LogP contribution in [-0.2, 0) is 14.3 Å². The zero-order valence-electron chi connectivity index (χ0n) is 9.66. The van der Waals surface area contributed by atoms with E-state index in [1.807, 2.05) is 0 Å². The van der Waals surface area contributed by atoms with Gasteiger partial charge in [-0.25, -0.2) is 4.79 Å². The molecule has 0 heterocycles. The van der Waals surface area contributed by atoms with Crippen molar-refractivity contribution in [3.8, 4) is 0 Å². The van der Waals surface area contributed by atoms with Gasteiger partial charge in [0.1, 0.15) is 0 Å². The second-order valence-corrected chi connectivity index (χ2v) is 3.86. The lowest BCUT2D eigenvalue weighted by molar-refractivity contribution is -0.138. The number of hydrogen-bond donors (Lipinski definition) is 2. The number of carbonyl (C=O) groups is 2. The lowest BCUT2D eigenvalue weighted by Gasteiger charge is -2.28. The smallest absolute Gasteiger partial charge is 0.333 e. The van der Waals surface area contributed by atoms with Crippen molar-refractivity contribution >= 4 is 11.9 Å². The van der Waals surface area contributed by atoms with E-state index >= 15 is 0 Å². The molecular weight excluding hydrogens is 208 g/mol. The lowest BCUT2D eigenvalue weighted by atomic mass is 9.91. The molecule has 0 fully saturated rings. The van der Waals surface area contributed by atoms with E-state index in [9.17, 15) is 9.59 Å². The molecule has 3 N–H and O–H groups in total. The Labute approximate surface area is 95.0 Å². The fourth-order valence-electron chi connectivity index (χ4n) is 1.74. The largest absolute Gasteiger partial charge is 0.463 e. The van der Waals surface area contributed by atoms with Gasteiger partial charge >= 0.3 is 5.97 Å². The fraction of sp³-hybridized carbons (Fsp3) is 0.636. The lowest BCUT2D eigenvalue weighted by Crippen LogP contribution is -2.48. The van der Waals surface area contributed by atoms with Gasteiger partial charge in [-0.15, -0.1) is 0 Å². The molecule has 1 aliphatic carbocycles. The summed E-state index contributed by atoms with van der Waals surface area (Å²) in [5.74, 6) is -0.410. The van der Waals surface area contributed by atoms with Crippen LogP contribution in [0, 0.1) is 0 Å². The number of nitrogens with two attached hydrogens (primary N) is 1. The van der Waals surface area contributed by atoms with Gasteiger partial charge in [-0.3, -0.25) is 4.79 Å². The molecule has 0 bridgehead atoms. The molecule has 0 saturated carbocycles. The molecular formula is C11H18N2O3. The van der Waals surface area contributed by atoms with E-state index in [0.717, 1.165) is 0 Å². The van der Waals surface area contributed by atoms with Crippen LogP contribution in [0.15, 0.2) is 11.6 Å². The SMILES string of the molecule is CCOC(=O)C1=CC[C@H](NC(C)=O)[C@@H](N)C1. The molecule has 0 radical (unpaired) electrons. The first kappa shape index (κ1) is 12.7. The Hall–Kier alpha value is -1.36. The second kappa shape index (κ2) is 5.65. The quantitative estimate of drug-likeness (QED) is 0.669. The zero-order chi connectivity index (χ0) is 12.1. The Morgan fingerprint density at radius 3 is 2.81 bits per heavy atom. The van der Waals surface area contributed by atoms with Gasteiger partial charge in [-0.1, -0.05) is 6.08 Å². The highest BCUT2D eigenvalue weighted by atomic mass is 16.5. The van der Waals surface area contributed by atoms with E-state index in [4.69, 9.17) is 10.5 Å². The van der Waals surface area contributed by atoms with E-state index < -0.39 is 0 Å². The summed E-state index contributed by atoms with van der Waals surface area (Å²) in [5, 5.41) is 2.76. The minimum atomic E-state index is -0.306. The van der Waals surface area contributed by atoms with E-state index in [1.54, 1.807) is 13.0 Å². The summed E-state index contributed by atoms with van der Waals surface area (Å²) in [6, 6.07) is -0.316. The molecule has 0 aromatic heterocycles. The molecule has 16 heavy (non-hydrogen) atoms. The van der Waals surface area contributed by atoms with Crippen LogP contribution in [0.3, 0.4) is 0 Å². The Kier molecular flexibility index (Phi) is 4.49. The molecule has 0 saturated heterocycles. The van der Waals surface area contributed by atoms with Gasteiger partial charge in [0.15, 0.2) is 0 Å². The standard InChI is InChI=1S/C11H18N2O3/c1-3-16-11(15)8-4-5-10(9(12)6-8)13-7(2)14/h4,9-10H,3,5-6,12H2,1-2H3,(H,13,14)/t9-,10-/m0/s1. The summed E-state index contributed by atoms with van der Waals surface area (Å²) in [5.41, 5.74) is 6.50. The van der Waals surface area contributed by atoms with Crippen molar-refractivity contribution in [1.82, 2.24) is 5.32 Å². The summed E-state index contributed by atoms with van der Waals surface area (Å²) in [4.78, 5) is 22.3. The Morgan fingerprint density at radius 1 is 1.62 bits per heavy atom. The van der Waals surface area contributed by atoms with Gasteiger partial charge in [-0.2, -0.15) is 0 Å². The molecule has 0 aromatic rings.